The van der Waals surface area contributed by atoms with E-state index in [9.17, 15) is 14.4 Å². The zero-order valence-corrected chi connectivity index (χ0v) is 43.6. The van der Waals surface area contributed by atoms with Crippen LogP contribution in [0.3, 0.4) is 0 Å². The average Bonchev–Trinajstić information content (AvgIpc) is 3.51. The van der Waals surface area contributed by atoms with Crippen LogP contribution in [0.4, 0.5) is 15.3 Å². The van der Waals surface area contributed by atoms with Gasteiger partial charge in [0.15, 0.2) is 5.79 Å². The molecule has 3 aliphatic heterocycles. The Labute approximate surface area is 395 Å². The standard InChI is InChI=1S/C52H78N2O11Si/c1-34-20-25-41(59-33-37-21-23-40(58-14)24-22-37)45-42(61-52(12,13)62-45)19-17-18-38-30-39(31-43(44(38)46(55)60-35(34)2)65-66(15,16)51(9,10)11)54(48(57)64-50(6,7)8)32-36-26-28-53(29-27-36)47(56)63-49(3,4)5/h17-18,20-25,30-31,34-36,41-42,45H,19,26-29,32-33H2,1-16H3/t34-,35+,41-,42+,45-/m1/s1. The molecule has 2 aromatic carbocycles. The van der Waals surface area contributed by atoms with Crippen molar-refractivity contribution in [3.63, 3.8) is 0 Å². The van der Waals surface area contributed by atoms with E-state index >= 15 is 0 Å². The summed E-state index contributed by atoms with van der Waals surface area (Å²) in [7, 11) is -0.975. The Bertz CT molecular complexity index is 2050. The first kappa shape index (κ1) is 52.6. The Kier molecular flexibility index (Phi) is 16.6. The molecule has 0 saturated carbocycles. The maximum Gasteiger partial charge on any atom is 0.414 e. The summed E-state index contributed by atoms with van der Waals surface area (Å²) in [4.78, 5) is 45.5. The molecule has 5 atom stereocenters. The van der Waals surface area contributed by atoms with E-state index in [4.69, 9.17) is 37.6 Å². The first-order chi connectivity index (χ1) is 30.5. The Morgan fingerprint density at radius 3 is 2.12 bits per heavy atom. The molecule has 2 aromatic rings. The summed E-state index contributed by atoms with van der Waals surface area (Å²) in [6.07, 6.45) is 6.79. The van der Waals surface area contributed by atoms with Gasteiger partial charge in [-0.2, -0.15) is 0 Å². The molecule has 0 radical (unpaired) electrons. The number of nitrogens with zero attached hydrogens (tertiary/aromatic N) is 2. The van der Waals surface area contributed by atoms with Crippen molar-refractivity contribution in [2.45, 2.75) is 175 Å². The summed E-state index contributed by atoms with van der Waals surface area (Å²) < 4.78 is 50.3. The van der Waals surface area contributed by atoms with Crippen LogP contribution < -0.4 is 14.1 Å². The minimum absolute atomic E-state index is 0.0326. The second kappa shape index (κ2) is 20.9. The molecule has 0 bridgehead atoms. The van der Waals surface area contributed by atoms with Gasteiger partial charge >= 0.3 is 18.2 Å². The number of hydrogen-bond donors (Lipinski definition) is 0. The van der Waals surface area contributed by atoms with Crippen molar-refractivity contribution < 1.29 is 52.0 Å². The topological polar surface area (TPSA) is 132 Å². The number of carbonyl (C=O) groups is 3. The second-order valence-electron chi connectivity index (χ2n) is 22.0. The van der Waals surface area contributed by atoms with Crippen molar-refractivity contribution in [2.24, 2.45) is 11.8 Å². The lowest BCUT2D eigenvalue weighted by atomic mass is 9.95. The molecule has 2 fully saturated rings. The fraction of sp³-hybridized carbons (Fsp3) is 0.635. The molecule has 2 amide bonds. The minimum Gasteiger partial charge on any atom is -0.543 e. The normalized spacial score (nSPS) is 23.2. The lowest BCUT2D eigenvalue weighted by Gasteiger charge is -2.38. The largest absolute Gasteiger partial charge is 0.543 e. The van der Waals surface area contributed by atoms with Crippen LogP contribution in [0.25, 0.3) is 6.08 Å². The third kappa shape index (κ3) is 14.3. The van der Waals surface area contributed by atoms with Gasteiger partial charge in [0.1, 0.15) is 46.6 Å². The summed E-state index contributed by atoms with van der Waals surface area (Å²) in [5.74, 6) is -0.514. The van der Waals surface area contributed by atoms with Gasteiger partial charge in [0.2, 0.25) is 0 Å². The SMILES string of the molecule is COc1ccc(CO[C@@H]2C=C[C@@H](C)[C@H](C)OC(=O)c3c(cc(N(CC4CCN(C(=O)OC(C)(C)C)CC4)C(=O)OC(C)(C)C)cc3O[Si](C)(C)C(C)(C)C)C=CC[C@@H]3OC(C)(C)O[C@@H]32)cc1. The van der Waals surface area contributed by atoms with Crippen LogP contribution in [0.2, 0.25) is 18.1 Å². The number of rotatable bonds is 9. The molecule has 0 aliphatic carbocycles. The number of anilines is 1. The predicted octanol–water partition coefficient (Wildman–Crippen LogP) is 11.7. The summed E-state index contributed by atoms with van der Waals surface area (Å²) >= 11 is 0. The maximum atomic E-state index is 14.7. The Hall–Kier alpha value is -4.37. The molecule has 0 N–H and O–H groups in total. The van der Waals surface area contributed by atoms with Crippen LogP contribution in [0.15, 0.2) is 54.6 Å². The molecule has 0 aromatic heterocycles. The average molecular weight is 935 g/mol. The lowest BCUT2D eigenvalue weighted by Crippen LogP contribution is -2.46. The number of methoxy groups -OCH3 is 1. The van der Waals surface area contributed by atoms with E-state index < -0.39 is 61.8 Å². The smallest absolute Gasteiger partial charge is 0.414 e. The maximum absolute atomic E-state index is 14.7. The molecule has 5 rings (SSSR count). The molecular formula is C52H78N2O11Si. The summed E-state index contributed by atoms with van der Waals surface area (Å²) in [5, 5.41) is -0.232. The number of carbonyl (C=O) groups excluding carboxylic acids is 3. The van der Waals surface area contributed by atoms with E-state index in [-0.39, 0.29) is 28.5 Å². The van der Waals surface area contributed by atoms with Crippen molar-refractivity contribution in [1.82, 2.24) is 4.90 Å². The number of likely N-dealkylation sites (tertiary alicyclic amines) is 1. The Balaban J connectivity index is 1.59. The summed E-state index contributed by atoms with van der Waals surface area (Å²) in [5.41, 5.74) is 0.886. The van der Waals surface area contributed by atoms with Gasteiger partial charge in [0.25, 0.3) is 8.32 Å². The third-order valence-corrected chi connectivity index (χ3v) is 16.9. The highest BCUT2D eigenvalue weighted by Crippen LogP contribution is 2.42. The number of piperidine rings is 1. The van der Waals surface area contributed by atoms with Crippen LogP contribution in [0.5, 0.6) is 11.5 Å². The molecule has 2 saturated heterocycles. The number of esters is 1. The van der Waals surface area contributed by atoms with Gasteiger partial charge < -0.3 is 42.5 Å². The summed E-state index contributed by atoms with van der Waals surface area (Å²) in [6, 6.07) is 11.4. The second-order valence-corrected chi connectivity index (χ2v) is 26.8. The zero-order valence-electron chi connectivity index (χ0n) is 42.6. The van der Waals surface area contributed by atoms with Gasteiger partial charge in [0, 0.05) is 31.6 Å². The number of amides is 2. The quantitative estimate of drug-likeness (QED) is 0.103. The molecule has 13 nitrogen and oxygen atoms in total. The number of fused-ring (bicyclic) bond motifs is 2. The Morgan fingerprint density at radius 1 is 0.894 bits per heavy atom. The zero-order chi connectivity index (χ0) is 49.0. The van der Waals surface area contributed by atoms with Crippen LogP contribution in [0.1, 0.15) is 131 Å². The van der Waals surface area contributed by atoms with Gasteiger partial charge in [-0.25, -0.2) is 14.4 Å². The molecule has 14 heteroatoms. The number of ether oxygens (including phenoxy) is 7. The van der Waals surface area contributed by atoms with Crippen molar-refractivity contribution in [2.75, 3.05) is 31.6 Å². The van der Waals surface area contributed by atoms with Crippen LogP contribution in [-0.2, 0) is 35.0 Å². The fourth-order valence-electron chi connectivity index (χ4n) is 7.72. The first-order valence-electron chi connectivity index (χ1n) is 23.6. The molecular weight excluding hydrogens is 857 g/mol. The number of hydrogen-bond acceptors (Lipinski definition) is 11. The van der Waals surface area contributed by atoms with E-state index in [0.29, 0.717) is 62.5 Å². The van der Waals surface area contributed by atoms with Crippen molar-refractivity contribution in [3.05, 3.63) is 71.3 Å². The highest BCUT2D eigenvalue weighted by Gasteiger charge is 2.45. The van der Waals surface area contributed by atoms with E-state index in [0.717, 1.165) is 11.3 Å². The van der Waals surface area contributed by atoms with Gasteiger partial charge in [-0.15, -0.1) is 0 Å². The highest BCUT2D eigenvalue weighted by molar-refractivity contribution is 6.74. The van der Waals surface area contributed by atoms with E-state index in [1.54, 1.807) is 23.0 Å². The van der Waals surface area contributed by atoms with Crippen LogP contribution in [-0.4, -0.2) is 99.5 Å². The molecule has 3 aliphatic rings. The van der Waals surface area contributed by atoms with E-state index in [2.05, 4.69) is 33.9 Å². The van der Waals surface area contributed by atoms with Crippen LogP contribution >= 0.6 is 0 Å². The van der Waals surface area contributed by atoms with E-state index in [1.807, 2.05) is 124 Å². The van der Waals surface area contributed by atoms with Crippen molar-refractivity contribution in [1.29, 1.82) is 0 Å². The van der Waals surface area contributed by atoms with E-state index in [1.165, 1.54) is 0 Å². The Morgan fingerprint density at radius 2 is 1.53 bits per heavy atom. The van der Waals surface area contributed by atoms with Gasteiger partial charge in [-0.1, -0.05) is 64.1 Å². The van der Waals surface area contributed by atoms with Gasteiger partial charge in [-0.05, 0) is 135 Å². The van der Waals surface area contributed by atoms with Gasteiger partial charge in [-0.3, -0.25) is 4.90 Å². The fourth-order valence-corrected chi connectivity index (χ4v) is 8.74. The number of benzene rings is 2. The molecule has 0 spiro atoms. The minimum atomic E-state index is -2.61. The highest BCUT2D eigenvalue weighted by atomic mass is 28.4. The monoisotopic (exact) mass is 935 g/mol. The lowest BCUT2D eigenvalue weighted by molar-refractivity contribution is -0.156. The van der Waals surface area contributed by atoms with Gasteiger partial charge in [0.05, 0.1) is 25.5 Å². The van der Waals surface area contributed by atoms with Crippen molar-refractivity contribution in [3.8, 4) is 11.5 Å². The predicted molar refractivity (Wildman–Crippen MR) is 261 cm³/mol. The molecule has 3 heterocycles. The molecule has 0 unspecified atom stereocenters. The third-order valence-electron chi connectivity index (χ3n) is 12.6. The van der Waals surface area contributed by atoms with Crippen LogP contribution in [0, 0.1) is 11.8 Å². The molecule has 66 heavy (non-hydrogen) atoms. The molecule has 366 valence electrons. The van der Waals surface area contributed by atoms with Crippen molar-refractivity contribution >= 4 is 38.2 Å². The summed E-state index contributed by atoms with van der Waals surface area (Å²) in [6.45, 7) is 31.1. The number of cyclic esters (lactones) is 1. The first-order valence-corrected chi connectivity index (χ1v) is 26.5.